The second kappa shape index (κ2) is 11.8. The number of thioether (sulfide) groups is 1. The summed E-state index contributed by atoms with van der Waals surface area (Å²) in [5.41, 5.74) is 3.65. The van der Waals surface area contributed by atoms with Crippen molar-refractivity contribution in [2.24, 2.45) is 0 Å². The minimum absolute atomic E-state index is 0.00983. The van der Waals surface area contributed by atoms with Crippen molar-refractivity contribution in [2.75, 3.05) is 19.0 Å². The van der Waals surface area contributed by atoms with Gasteiger partial charge >= 0.3 is 0 Å². The molecule has 7 nitrogen and oxygen atoms in total. The minimum Gasteiger partial charge on any atom is -0.493 e. The predicted molar refractivity (Wildman–Crippen MR) is 149 cm³/mol. The van der Waals surface area contributed by atoms with Crippen LogP contribution in [0.25, 0.3) is 6.08 Å². The summed E-state index contributed by atoms with van der Waals surface area (Å²) in [6.07, 6.45) is 1.54. The Labute approximate surface area is 232 Å². The number of hydrogen-bond donors (Lipinski definition) is 1. The Morgan fingerprint density at radius 2 is 1.87 bits per heavy atom. The second-order valence-electron chi connectivity index (χ2n) is 8.53. The van der Waals surface area contributed by atoms with Gasteiger partial charge in [-0.3, -0.25) is 19.3 Å². The maximum atomic E-state index is 14.0. The van der Waals surface area contributed by atoms with E-state index in [1.807, 2.05) is 26.0 Å². The van der Waals surface area contributed by atoms with Crippen molar-refractivity contribution in [2.45, 2.75) is 20.5 Å². The molecule has 38 heavy (non-hydrogen) atoms. The summed E-state index contributed by atoms with van der Waals surface area (Å²) in [5, 5.41) is 2.19. The number of hydrogen-bond acceptors (Lipinski definition) is 6. The number of amides is 3. The Morgan fingerprint density at radius 1 is 1.11 bits per heavy atom. The number of carbonyl (C=O) groups is 3. The predicted octanol–water partition coefficient (Wildman–Crippen LogP) is 6.47. The highest BCUT2D eigenvalue weighted by atomic mass is 79.9. The number of aryl methyl sites for hydroxylation is 2. The molecule has 3 aromatic carbocycles. The van der Waals surface area contributed by atoms with E-state index in [2.05, 4.69) is 21.2 Å². The largest absolute Gasteiger partial charge is 0.493 e. The minimum atomic E-state index is -0.565. The van der Waals surface area contributed by atoms with Crippen molar-refractivity contribution < 1.29 is 28.2 Å². The first kappa shape index (κ1) is 27.4. The van der Waals surface area contributed by atoms with Crippen molar-refractivity contribution in [3.63, 3.8) is 0 Å². The van der Waals surface area contributed by atoms with Crippen LogP contribution >= 0.6 is 27.7 Å². The number of imide groups is 1. The van der Waals surface area contributed by atoms with Crippen molar-refractivity contribution in [3.8, 4) is 11.5 Å². The molecule has 1 aliphatic heterocycles. The number of carbonyl (C=O) groups excluding carboxylic acids is 3. The van der Waals surface area contributed by atoms with Gasteiger partial charge in [0.2, 0.25) is 5.91 Å². The quantitative estimate of drug-likeness (QED) is 0.299. The molecule has 1 aliphatic rings. The molecule has 196 valence electrons. The number of anilines is 1. The SMILES string of the molecule is COc1cc(/C=C2/SC(=O)N(CC(=O)Nc3ccc(C)c(C)c3)C2=O)cc(Br)c1OCc1ccccc1F. The number of nitrogens with zero attached hydrogens (tertiary/aromatic N) is 1. The van der Waals surface area contributed by atoms with E-state index >= 15 is 0 Å². The maximum Gasteiger partial charge on any atom is 0.294 e. The first-order valence-electron chi connectivity index (χ1n) is 11.5. The number of benzene rings is 3. The van der Waals surface area contributed by atoms with Crippen molar-refractivity contribution in [1.82, 2.24) is 4.90 Å². The molecule has 0 aromatic heterocycles. The molecule has 3 amide bonds. The lowest BCUT2D eigenvalue weighted by atomic mass is 10.1. The summed E-state index contributed by atoms with van der Waals surface area (Å²) >= 11 is 4.19. The van der Waals surface area contributed by atoms with Gasteiger partial charge in [-0.2, -0.15) is 0 Å². The molecular weight excluding hydrogens is 575 g/mol. The van der Waals surface area contributed by atoms with E-state index in [1.54, 1.807) is 42.5 Å². The zero-order valence-electron chi connectivity index (χ0n) is 20.8. The lowest BCUT2D eigenvalue weighted by Gasteiger charge is -2.14. The van der Waals surface area contributed by atoms with Gasteiger partial charge in [0.1, 0.15) is 19.0 Å². The summed E-state index contributed by atoms with van der Waals surface area (Å²) in [6.45, 7) is 3.49. The fourth-order valence-corrected chi connectivity index (χ4v) is 5.09. The van der Waals surface area contributed by atoms with Crippen LogP contribution in [-0.4, -0.2) is 35.6 Å². The molecule has 4 rings (SSSR count). The van der Waals surface area contributed by atoms with Crippen LogP contribution in [0.5, 0.6) is 11.5 Å². The van der Waals surface area contributed by atoms with Gasteiger partial charge in [-0.1, -0.05) is 24.3 Å². The van der Waals surface area contributed by atoms with Crippen molar-refractivity contribution in [1.29, 1.82) is 0 Å². The highest BCUT2D eigenvalue weighted by Gasteiger charge is 2.36. The van der Waals surface area contributed by atoms with Crippen LogP contribution in [0.4, 0.5) is 14.9 Å². The van der Waals surface area contributed by atoms with Crippen LogP contribution in [0.3, 0.4) is 0 Å². The van der Waals surface area contributed by atoms with E-state index in [1.165, 1.54) is 13.2 Å². The Kier molecular flexibility index (Phi) is 8.53. The number of halogens is 2. The van der Waals surface area contributed by atoms with E-state index in [0.29, 0.717) is 32.8 Å². The van der Waals surface area contributed by atoms with Gasteiger partial charge in [0, 0.05) is 11.3 Å². The summed E-state index contributed by atoms with van der Waals surface area (Å²) in [6, 6.07) is 15.1. The second-order valence-corrected chi connectivity index (χ2v) is 10.4. The smallest absolute Gasteiger partial charge is 0.294 e. The molecule has 0 radical (unpaired) electrons. The molecule has 0 bridgehead atoms. The molecule has 1 fully saturated rings. The average Bonchev–Trinajstić information content (AvgIpc) is 3.13. The third kappa shape index (κ3) is 6.25. The van der Waals surface area contributed by atoms with Gasteiger partial charge in [-0.05, 0) is 94.6 Å². The fraction of sp³-hybridized carbons (Fsp3) is 0.179. The molecule has 0 saturated carbocycles. The van der Waals surface area contributed by atoms with Gasteiger partial charge in [0.15, 0.2) is 11.5 Å². The van der Waals surface area contributed by atoms with E-state index in [4.69, 9.17) is 9.47 Å². The summed E-state index contributed by atoms with van der Waals surface area (Å²) in [7, 11) is 1.46. The van der Waals surface area contributed by atoms with E-state index in [-0.39, 0.29) is 17.3 Å². The first-order chi connectivity index (χ1) is 18.2. The van der Waals surface area contributed by atoms with Crippen LogP contribution < -0.4 is 14.8 Å². The van der Waals surface area contributed by atoms with Crippen LogP contribution in [0.15, 0.2) is 64.0 Å². The van der Waals surface area contributed by atoms with Gasteiger partial charge in [-0.25, -0.2) is 4.39 Å². The zero-order valence-corrected chi connectivity index (χ0v) is 23.2. The van der Waals surface area contributed by atoms with E-state index < -0.39 is 23.6 Å². The number of nitrogens with one attached hydrogen (secondary N) is 1. The topological polar surface area (TPSA) is 84.9 Å². The number of rotatable bonds is 8. The van der Waals surface area contributed by atoms with Crippen LogP contribution in [0.2, 0.25) is 0 Å². The Hall–Kier alpha value is -3.63. The van der Waals surface area contributed by atoms with Crippen LogP contribution in [0.1, 0.15) is 22.3 Å². The molecule has 3 aromatic rings. The van der Waals surface area contributed by atoms with Crippen molar-refractivity contribution in [3.05, 3.63) is 92.0 Å². The Morgan fingerprint density at radius 3 is 2.58 bits per heavy atom. The van der Waals surface area contributed by atoms with Gasteiger partial charge in [0.05, 0.1) is 16.5 Å². The summed E-state index contributed by atoms with van der Waals surface area (Å²) < 4.78 is 25.7. The number of ether oxygens (including phenoxy) is 2. The summed E-state index contributed by atoms with van der Waals surface area (Å²) in [4.78, 5) is 39.1. The van der Waals surface area contributed by atoms with Gasteiger partial charge < -0.3 is 14.8 Å². The Balaban J connectivity index is 1.47. The first-order valence-corrected chi connectivity index (χ1v) is 13.1. The molecule has 0 atom stereocenters. The molecule has 1 N–H and O–H groups in total. The molecule has 10 heteroatoms. The fourth-order valence-electron chi connectivity index (χ4n) is 3.68. The van der Waals surface area contributed by atoms with Gasteiger partial charge in [-0.15, -0.1) is 0 Å². The molecule has 1 heterocycles. The Bertz CT molecular complexity index is 1460. The molecule has 0 spiro atoms. The lowest BCUT2D eigenvalue weighted by molar-refractivity contribution is -0.127. The van der Waals surface area contributed by atoms with E-state index in [9.17, 15) is 18.8 Å². The normalized spacial score (nSPS) is 14.2. The monoisotopic (exact) mass is 598 g/mol. The summed E-state index contributed by atoms with van der Waals surface area (Å²) in [5.74, 6) is -0.696. The molecule has 0 unspecified atom stereocenters. The zero-order chi connectivity index (χ0) is 27.4. The van der Waals surface area contributed by atoms with E-state index in [0.717, 1.165) is 27.8 Å². The van der Waals surface area contributed by atoms with Crippen LogP contribution in [0, 0.1) is 19.7 Å². The van der Waals surface area contributed by atoms with Gasteiger partial charge in [0.25, 0.3) is 11.1 Å². The maximum absolute atomic E-state index is 14.0. The lowest BCUT2D eigenvalue weighted by Crippen LogP contribution is -2.36. The molecule has 1 saturated heterocycles. The van der Waals surface area contributed by atoms with Crippen molar-refractivity contribution >= 4 is 56.5 Å². The third-order valence-electron chi connectivity index (χ3n) is 5.85. The highest BCUT2D eigenvalue weighted by Crippen LogP contribution is 2.39. The highest BCUT2D eigenvalue weighted by molar-refractivity contribution is 9.10. The number of methoxy groups -OCH3 is 1. The molecule has 0 aliphatic carbocycles. The van der Waals surface area contributed by atoms with Crippen LogP contribution in [-0.2, 0) is 16.2 Å². The third-order valence-corrected chi connectivity index (χ3v) is 7.34. The molecular formula is C28H24BrFN2O5S. The average molecular weight is 599 g/mol. The standard InChI is InChI=1S/C28H24BrFN2O5S/c1-16-8-9-20(10-17(16)2)31-25(33)14-32-27(34)24(38-28(32)35)13-18-11-21(29)26(23(12-18)36-3)37-15-19-6-4-5-7-22(19)30/h4-13H,14-15H2,1-3H3,(H,31,33)/b24-13+.